The molecule has 0 fully saturated rings. The summed E-state index contributed by atoms with van der Waals surface area (Å²) < 4.78 is 5.20. The van der Waals surface area contributed by atoms with Crippen molar-refractivity contribution < 1.29 is 14.6 Å². The van der Waals surface area contributed by atoms with Crippen molar-refractivity contribution in [3.8, 4) is 5.75 Å². The number of carbonyl (C=O) groups is 1. The molecule has 0 unspecified atom stereocenters. The highest BCUT2D eigenvalue weighted by Crippen LogP contribution is 2.28. The van der Waals surface area contributed by atoms with E-state index in [2.05, 4.69) is 4.98 Å². The number of carboxylic acid groups (broad SMARTS) is 1. The fourth-order valence-electron chi connectivity index (χ4n) is 1.78. The minimum Gasteiger partial charge on any atom is -0.495 e. The molecule has 0 radical (unpaired) electrons. The van der Waals surface area contributed by atoms with Gasteiger partial charge in [-0.2, -0.15) is 0 Å². The molecule has 0 aliphatic carbocycles. The number of para-hydroxylation sites is 2. The second-order valence-electron chi connectivity index (χ2n) is 3.90. The molecule has 5 heteroatoms. The zero-order valence-corrected chi connectivity index (χ0v) is 10.5. The first-order chi connectivity index (χ1) is 9.22. The highest BCUT2D eigenvalue weighted by Gasteiger charge is 2.18. The molecule has 1 heterocycles. The van der Waals surface area contributed by atoms with Crippen LogP contribution in [0.25, 0.3) is 0 Å². The molecule has 98 valence electrons. The van der Waals surface area contributed by atoms with Crippen molar-refractivity contribution in [2.75, 3.05) is 12.0 Å². The summed E-state index contributed by atoms with van der Waals surface area (Å²) in [5.74, 6) is 0.527. The van der Waals surface area contributed by atoms with Gasteiger partial charge in [0, 0.05) is 12.4 Å². The Kier molecular flexibility index (Phi) is 3.97. The summed E-state index contributed by atoms with van der Waals surface area (Å²) in [6.07, 6.45) is 2.25. The lowest BCUT2D eigenvalue weighted by Crippen LogP contribution is -2.28. The Balaban J connectivity index is 2.33. The maximum atomic E-state index is 11.4. The van der Waals surface area contributed by atoms with Crippen LogP contribution in [-0.4, -0.2) is 23.3 Å². The zero-order valence-electron chi connectivity index (χ0n) is 10.5. The number of methoxy groups -OCH3 is 1. The number of benzene rings is 1. The van der Waals surface area contributed by atoms with Crippen LogP contribution >= 0.6 is 0 Å². The normalized spacial score (nSPS) is 9.95. The van der Waals surface area contributed by atoms with Crippen LogP contribution in [-0.2, 0) is 6.54 Å². The molecule has 0 saturated heterocycles. The average Bonchev–Trinajstić information content (AvgIpc) is 2.45. The zero-order chi connectivity index (χ0) is 13.7. The number of anilines is 1. The summed E-state index contributed by atoms with van der Waals surface area (Å²) in [6, 6.07) is 10.6. The first-order valence-electron chi connectivity index (χ1n) is 5.74. The molecule has 0 saturated carbocycles. The first kappa shape index (κ1) is 12.9. The van der Waals surface area contributed by atoms with Gasteiger partial charge in [-0.15, -0.1) is 0 Å². The molecule has 0 aliphatic heterocycles. The number of hydrogen-bond acceptors (Lipinski definition) is 3. The van der Waals surface area contributed by atoms with E-state index in [1.807, 2.05) is 0 Å². The molecule has 2 rings (SSSR count). The van der Waals surface area contributed by atoms with Crippen LogP contribution in [0.1, 0.15) is 5.56 Å². The van der Waals surface area contributed by atoms with Crippen molar-refractivity contribution in [1.29, 1.82) is 0 Å². The van der Waals surface area contributed by atoms with Gasteiger partial charge in [0.05, 0.1) is 19.3 Å². The minimum atomic E-state index is -1.03. The van der Waals surface area contributed by atoms with Crippen LogP contribution in [0, 0.1) is 0 Å². The molecule has 1 aromatic carbocycles. The van der Waals surface area contributed by atoms with Gasteiger partial charge in [0.2, 0.25) is 0 Å². The van der Waals surface area contributed by atoms with Gasteiger partial charge in [0.1, 0.15) is 5.75 Å². The van der Waals surface area contributed by atoms with Crippen molar-refractivity contribution in [1.82, 2.24) is 4.98 Å². The maximum Gasteiger partial charge on any atom is 0.412 e. The summed E-state index contributed by atoms with van der Waals surface area (Å²) in [7, 11) is 1.52. The second-order valence-corrected chi connectivity index (χ2v) is 3.90. The summed E-state index contributed by atoms with van der Waals surface area (Å²) in [6.45, 7) is 0.248. The molecule has 0 atom stereocenters. The number of ether oxygens (including phenoxy) is 1. The second kappa shape index (κ2) is 5.86. The van der Waals surface area contributed by atoms with E-state index in [-0.39, 0.29) is 6.54 Å². The Morgan fingerprint density at radius 2 is 1.95 bits per heavy atom. The molecule has 0 bridgehead atoms. The summed E-state index contributed by atoms with van der Waals surface area (Å²) in [5, 5.41) is 9.36. The fraction of sp³-hybridized carbons (Fsp3) is 0.143. The quantitative estimate of drug-likeness (QED) is 0.915. The lowest BCUT2D eigenvalue weighted by atomic mass is 10.2. The summed E-state index contributed by atoms with van der Waals surface area (Å²) in [5.41, 5.74) is 1.39. The largest absolute Gasteiger partial charge is 0.495 e. The van der Waals surface area contributed by atoms with E-state index >= 15 is 0 Å². The molecule has 2 aromatic rings. The highest BCUT2D eigenvalue weighted by molar-refractivity contribution is 5.88. The SMILES string of the molecule is COc1ccccc1N(Cc1ccncc1)C(=O)O. The monoisotopic (exact) mass is 258 g/mol. The third kappa shape index (κ3) is 3.01. The Morgan fingerprint density at radius 1 is 1.26 bits per heavy atom. The molecular formula is C14H14N2O3. The molecule has 1 N–H and O–H groups in total. The Hall–Kier alpha value is -2.56. The summed E-state index contributed by atoms with van der Waals surface area (Å²) in [4.78, 5) is 16.6. The predicted octanol–water partition coefficient (Wildman–Crippen LogP) is 2.77. The molecule has 1 aromatic heterocycles. The van der Waals surface area contributed by atoms with E-state index in [0.717, 1.165) is 5.56 Å². The number of pyridine rings is 1. The predicted molar refractivity (Wildman–Crippen MR) is 71.4 cm³/mol. The topological polar surface area (TPSA) is 62.7 Å². The van der Waals surface area contributed by atoms with Gasteiger partial charge in [0.25, 0.3) is 0 Å². The Labute approximate surface area is 111 Å². The molecule has 0 aliphatic rings. The van der Waals surface area contributed by atoms with E-state index < -0.39 is 6.09 Å². The smallest absolute Gasteiger partial charge is 0.412 e. The third-order valence-electron chi connectivity index (χ3n) is 2.70. The lowest BCUT2D eigenvalue weighted by molar-refractivity contribution is 0.201. The van der Waals surface area contributed by atoms with Crippen molar-refractivity contribution in [3.63, 3.8) is 0 Å². The molecule has 19 heavy (non-hydrogen) atoms. The van der Waals surface area contributed by atoms with Gasteiger partial charge in [0.15, 0.2) is 0 Å². The van der Waals surface area contributed by atoms with Gasteiger partial charge in [-0.05, 0) is 29.8 Å². The Bertz CT molecular complexity index is 558. The van der Waals surface area contributed by atoms with E-state index in [9.17, 15) is 9.90 Å². The van der Waals surface area contributed by atoms with Crippen molar-refractivity contribution >= 4 is 11.8 Å². The average molecular weight is 258 g/mol. The molecular weight excluding hydrogens is 244 g/mol. The van der Waals surface area contributed by atoms with E-state index in [4.69, 9.17) is 4.74 Å². The molecule has 1 amide bonds. The lowest BCUT2D eigenvalue weighted by Gasteiger charge is -2.21. The number of hydrogen-bond donors (Lipinski definition) is 1. The van der Waals surface area contributed by atoms with Crippen LogP contribution in [0.4, 0.5) is 10.5 Å². The fourth-order valence-corrected chi connectivity index (χ4v) is 1.78. The van der Waals surface area contributed by atoms with Crippen LogP contribution < -0.4 is 9.64 Å². The van der Waals surface area contributed by atoms with Crippen molar-refractivity contribution in [3.05, 3.63) is 54.4 Å². The number of rotatable bonds is 4. The Morgan fingerprint density at radius 3 is 2.58 bits per heavy atom. The van der Waals surface area contributed by atoms with E-state index in [1.54, 1.807) is 48.8 Å². The van der Waals surface area contributed by atoms with Crippen LogP contribution in [0.3, 0.4) is 0 Å². The van der Waals surface area contributed by atoms with Gasteiger partial charge >= 0.3 is 6.09 Å². The van der Waals surface area contributed by atoms with Gasteiger partial charge < -0.3 is 9.84 Å². The first-order valence-corrected chi connectivity index (χ1v) is 5.74. The maximum absolute atomic E-state index is 11.4. The van der Waals surface area contributed by atoms with Gasteiger partial charge in [-0.25, -0.2) is 4.79 Å². The number of nitrogens with zero attached hydrogens (tertiary/aromatic N) is 2. The minimum absolute atomic E-state index is 0.248. The van der Waals surface area contributed by atoms with Gasteiger partial charge in [-0.3, -0.25) is 9.88 Å². The molecule has 0 spiro atoms. The summed E-state index contributed by atoms with van der Waals surface area (Å²) >= 11 is 0. The van der Waals surface area contributed by atoms with Crippen LogP contribution in [0.2, 0.25) is 0 Å². The third-order valence-corrected chi connectivity index (χ3v) is 2.70. The van der Waals surface area contributed by atoms with Crippen molar-refractivity contribution in [2.24, 2.45) is 0 Å². The van der Waals surface area contributed by atoms with Crippen LogP contribution in [0.15, 0.2) is 48.8 Å². The molecule has 5 nitrogen and oxygen atoms in total. The number of amides is 1. The number of aromatic nitrogens is 1. The van der Waals surface area contributed by atoms with Crippen LogP contribution in [0.5, 0.6) is 5.75 Å². The highest BCUT2D eigenvalue weighted by atomic mass is 16.5. The van der Waals surface area contributed by atoms with Gasteiger partial charge in [-0.1, -0.05) is 12.1 Å². The van der Waals surface area contributed by atoms with E-state index in [0.29, 0.717) is 11.4 Å². The standard InChI is InChI=1S/C14H14N2O3/c1-19-13-5-3-2-4-12(13)16(14(17)18)10-11-6-8-15-9-7-11/h2-9H,10H2,1H3,(H,17,18). The van der Waals surface area contributed by atoms with Crippen molar-refractivity contribution in [2.45, 2.75) is 6.54 Å². The van der Waals surface area contributed by atoms with E-state index in [1.165, 1.54) is 12.0 Å².